The topological polar surface area (TPSA) is 12.0 Å². The van der Waals surface area contributed by atoms with E-state index >= 15 is 0 Å². The van der Waals surface area contributed by atoms with Crippen LogP contribution in [0.1, 0.15) is 44.6 Å². The molecule has 1 atom stereocenters. The standard InChI is InChI=1S/C15H22BrN/c1-11-8-9-15(14(16)10-11)17-12(2)13-6-4-3-5-7-13/h8-10,12-13,17H,3-7H2,1-2H3. The lowest BCUT2D eigenvalue weighted by molar-refractivity contribution is 0.328. The van der Waals surface area contributed by atoms with Crippen LogP contribution in [0.25, 0.3) is 0 Å². The summed E-state index contributed by atoms with van der Waals surface area (Å²) in [5.74, 6) is 0.844. The lowest BCUT2D eigenvalue weighted by Gasteiger charge is -2.29. The first-order valence-electron chi connectivity index (χ1n) is 6.69. The maximum Gasteiger partial charge on any atom is 0.0486 e. The monoisotopic (exact) mass is 295 g/mol. The molecule has 1 saturated carbocycles. The van der Waals surface area contributed by atoms with E-state index < -0.39 is 0 Å². The van der Waals surface area contributed by atoms with Crippen LogP contribution >= 0.6 is 15.9 Å². The van der Waals surface area contributed by atoms with Crippen LogP contribution in [0.2, 0.25) is 0 Å². The molecule has 1 fully saturated rings. The predicted molar refractivity (Wildman–Crippen MR) is 78.5 cm³/mol. The van der Waals surface area contributed by atoms with Crippen molar-refractivity contribution in [3.63, 3.8) is 0 Å². The van der Waals surface area contributed by atoms with E-state index in [0.717, 1.165) is 5.92 Å². The van der Waals surface area contributed by atoms with Crippen molar-refractivity contribution in [2.45, 2.75) is 52.0 Å². The van der Waals surface area contributed by atoms with E-state index in [0.29, 0.717) is 6.04 Å². The summed E-state index contributed by atoms with van der Waals surface area (Å²) >= 11 is 3.64. The summed E-state index contributed by atoms with van der Waals surface area (Å²) in [6.45, 7) is 4.45. The zero-order chi connectivity index (χ0) is 12.3. The second-order valence-electron chi connectivity index (χ2n) is 5.31. The molecule has 1 aliphatic rings. The minimum Gasteiger partial charge on any atom is -0.381 e. The molecule has 1 aliphatic carbocycles. The van der Waals surface area contributed by atoms with Crippen molar-refractivity contribution < 1.29 is 0 Å². The molecular weight excluding hydrogens is 274 g/mol. The van der Waals surface area contributed by atoms with Gasteiger partial charge in [0, 0.05) is 16.2 Å². The quantitative estimate of drug-likeness (QED) is 0.814. The van der Waals surface area contributed by atoms with Crippen LogP contribution in [0.5, 0.6) is 0 Å². The molecule has 1 unspecified atom stereocenters. The Kier molecular flexibility index (Phi) is 4.49. The van der Waals surface area contributed by atoms with Gasteiger partial charge in [-0.2, -0.15) is 0 Å². The number of benzene rings is 1. The third kappa shape index (κ3) is 3.48. The summed E-state index contributed by atoms with van der Waals surface area (Å²) in [5, 5.41) is 3.66. The van der Waals surface area contributed by atoms with Crippen molar-refractivity contribution in [3.8, 4) is 0 Å². The summed E-state index contributed by atoms with van der Waals surface area (Å²) in [7, 11) is 0. The molecule has 0 radical (unpaired) electrons. The number of anilines is 1. The Balaban J connectivity index is 1.99. The van der Waals surface area contributed by atoms with Gasteiger partial charge in [0.25, 0.3) is 0 Å². The van der Waals surface area contributed by atoms with Gasteiger partial charge in [-0.05, 0) is 66.2 Å². The smallest absolute Gasteiger partial charge is 0.0486 e. The average Bonchev–Trinajstić information content (AvgIpc) is 2.34. The van der Waals surface area contributed by atoms with Gasteiger partial charge in [0.1, 0.15) is 0 Å². The Bertz CT molecular complexity index is 369. The fourth-order valence-electron chi connectivity index (χ4n) is 2.73. The lowest BCUT2D eigenvalue weighted by Crippen LogP contribution is -2.27. The van der Waals surface area contributed by atoms with Crippen molar-refractivity contribution in [2.24, 2.45) is 5.92 Å². The Hall–Kier alpha value is -0.500. The molecule has 0 aliphatic heterocycles. The van der Waals surface area contributed by atoms with Crippen molar-refractivity contribution in [2.75, 3.05) is 5.32 Å². The number of hydrogen-bond acceptors (Lipinski definition) is 1. The van der Waals surface area contributed by atoms with Crippen LogP contribution in [0.15, 0.2) is 22.7 Å². The van der Waals surface area contributed by atoms with Crippen molar-refractivity contribution in [1.29, 1.82) is 0 Å². The first-order valence-corrected chi connectivity index (χ1v) is 7.49. The Morgan fingerprint density at radius 3 is 2.59 bits per heavy atom. The van der Waals surface area contributed by atoms with Gasteiger partial charge in [0.05, 0.1) is 0 Å². The molecule has 1 nitrogen and oxygen atoms in total. The third-order valence-electron chi connectivity index (χ3n) is 3.86. The van der Waals surface area contributed by atoms with Gasteiger partial charge in [-0.15, -0.1) is 0 Å². The number of aryl methyl sites for hydroxylation is 1. The summed E-state index contributed by atoms with van der Waals surface area (Å²) in [4.78, 5) is 0. The molecule has 0 heterocycles. The highest BCUT2D eigenvalue weighted by Crippen LogP contribution is 2.30. The van der Waals surface area contributed by atoms with Crippen LogP contribution in [-0.2, 0) is 0 Å². The fourth-order valence-corrected chi connectivity index (χ4v) is 3.34. The van der Waals surface area contributed by atoms with Gasteiger partial charge in [-0.1, -0.05) is 25.3 Å². The molecule has 94 valence electrons. The number of halogens is 1. The summed E-state index contributed by atoms with van der Waals surface area (Å²) in [5.41, 5.74) is 2.53. The normalized spacial score (nSPS) is 19.0. The largest absolute Gasteiger partial charge is 0.381 e. The zero-order valence-corrected chi connectivity index (χ0v) is 12.4. The van der Waals surface area contributed by atoms with Crippen LogP contribution in [0.3, 0.4) is 0 Å². The Morgan fingerprint density at radius 2 is 1.94 bits per heavy atom. The minimum atomic E-state index is 0.578. The molecule has 0 spiro atoms. The molecule has 2 rings (SSSR count). The van der Waals surface area contributed by atoms with E-state index in [1.54, 1.807) is 0 Å². The van der Waals surface area contributed by atoms with Gasteiger partial charge in [-0.25, -0.2) is 0 Å². The first kappa shape index (κ1) is 12.9. The molecule has 1 N–H and O–H groups in total. The highest BCUT2D eigenvalue weighted by Gasteiger charge is 2.20. The number of hydrogen-bond donors (Lipinski definition) is 1. The van der Waals surface area contributed by atoms with Crippen LogP contribution in [-0.4, -0.2) is 6.04 Å². The Morgan fingerprint density at radius 1 is 1.24 bits per heavy atom. The van der Waals surface area contributed by atoms with Gasteiger partial charge < -0.3 is 5.32 Å². The zero-order valence-electron chi connectivity index (χ0n) is 10.8. The highest BCUT2D eigenvalue weighted by atomic mass is 79.9. The summed E-state index contributed by atoms with van der Waals surface area (Å²) < 4.78 is 1.18. The Labute approximate surface area is 113 Å². The van der Waals surface area contributed by atoms with Gasteiger partial charge >= 0.3 is 0 Å². The molecule has 17 heavy (non-hydrogen) atoms. The van der Waals surface area contributed by atoms with Gasteiger partial charge in [0.2, 0.25) is 0 Å². The molecular formula is C15H22BrN. The lowest BCUT2D eigenvalue weighted by atomic mass is 9.84. The maximum absolute atomic E-state index is 3.66. The van der Waals surface area contributed by atoms with Gasteiger partial charge in [0.15, 0.2) is 0 Å². The third-order valence-corrected chi connectivity index (χ3v) is 4.52. The van der Waals surface area contributed by atoms with E-state index in [1.807, 2.05) is 0 Å². The highest BCUT2D eigenvalue weighted by molar-refractivity contribution is 9.10. The maximum atomic E-state index is 3.66. The second-order valence-corrected chi connectivity index (χ2v) is 6.17. The molecule has 1 aromatic rings. The van der Waals surface area contributed by atoms with Crippen LogP contribution in [0.4, 0.5) is 5.69 Å². The van der Waals surface area contributed by atoms with E-state index in [9.17, 15) is 0 Å². The van der Waals surface area contributed by atoms with Crippen LogP contribution < -0.4 is 5.32 Å². The van der Waals surface area contributed by atoms with Crippen molar-refractivity contribution >= 4 is 21.6 Å². The average molecular weight is 296 g/mol. The van der Waals surface area contributed by atoms with E-state index in [1.165, 1.54) is 47.8 Å². The SMILES string of the molecule is Cc1ccc(NC(C)C2CCCCC2)c(Br)c1. The molecule has 0 amide bonds. The van der Waals surface area contributed by atoms with Gasteiger partial charge in [-0.3, -0.25) is 0 Å². The second kappa shape index (κ2) is 5.90. The van der Waals surface area contributed by atoms with E-state index in [-0.39, 0.29) is 0 Å². The van der Waals surface area contributed by atoms with E-state index in [2.05, 4.69) is 53.3 Å². The molecule has 2 heteroatoms. The predicted octanol–water partition coefficient (Wildman–Crippen LogP) is 5.14. The molecule has 0 bridgehead atoms. The van der Waals surface area contributed by atoms with Crippen molar-refractivity contribution in [1.82, 2.24) is 0 Å². The van der Waals surface area contributed by atoms with E-state index in [4.69, 9.17) is 0 Å². The molecule has 0 saturated heterocycles. The molecule has 1 aromatic carbocycles. The fraction of sp³-hybridized carbons (Fsp3) is 0.600. The minimum absolute atomic E-state index is 0.578. The summed E-state index contributed by atoms with van der Waals surface area (Å²) in [6, 6.07) is 7.10. The summed E-state index contributed by atoms with van der Waals surface area (Å²) in [6.07, 6.45) is 7.02. The van der Waals surface area contributed by atoms with Crippen molar-refractivity contribution in [3.05, 3.63) is 28.2 Å². The van der Waals surface area contributed by atoms with Crippen LogP contribution in [0, 0.1) is 12.8 Å². The first-order chi connectivity index (χ1) is 8.16. The number of nitrogens with one attached hydrogen (secondary N) is 1. The number of rotatable bonds is 3. The molecule has 0 aromatic heterocycles.